The fraction of sp³-hybridized carbons (Fsp3) is 0.333. The van der Waals surface area contributed by atoms with Crippen LogP contribution in [0.2, 0.25) is 0 Å². The van der Waals surface area contributed by atoms with Crippen LogP contribution in [0.3, 0.4) is 0 Å². The fourth-order valence-corrected chi connectivity index (χ4v) is 1.69. The van der Waals surface area contributed by atoms with E-state index in [4.69, 9.17) is 5.11 Å². The Morgan fingerprint density at radius 2 is 2.00 bits per heavy atom. The quantitative estimate of drug-likeness (QED) is 0.786. The Bertz CT molecular complexity index is 512. The lowest BCUT2D eigenvalue weighted by Crippen LogP contribution is -2.40. The van der Waals surface area contributed by atoms with Gasteiger partial charge in [0.05, 0.1) is 0 Å². The van der Waals surface area contributed by atoms with E-state index in [1.54, 1.807) is 12.1 Å². The Morgan fingerprint density at radius 3 is 2.55 bits per heavy atom. The number of halogens is 1. The molecular formula is C15H18FNO3. The van der Waals surface area contributed by atoms with Gasteiger partial charge in [0.25, 0.3) is 0 Å². The zero-order valence-corrected chi connectivity index (χ0v) is 11.5. The second kappa shape index (κ2) is 7.43. The van der Waals surface area contributed by atoms with Crippen molar-refractivity contribution < 1.29 is 19.1 Å². The van der Waals surface area contributed by atoms with E-state index in [1.807, 2.05) is 13.8 Å². The maximum absolute atomic E-state index is 13.3. The van der Waals surface area contributed by atoms with Gasteiger partial charge in [0.1, 0.15) is 11.9 Å². The number of carbonyl (C=O) groups is 2. The number of hydrogen-bond acceptors (Lipinski definition) is 2. The summed E-state index contributed by atoms with van der Waals surface area (Å²) in [6, 6.07) is 5.08. The first-order valence-electron chi connectivity index (χ1n) is 6.36. The highest BCUT2D eigenvalue weighted by Crippen LogP contribution is 2.08. The van der Waals surface area contributed by atoms with Crippen molar-refractivity contribution in [2.45, 2.75) is 26.3 Å². The summed E-state index contributed by atoms with van der Waals surface area (Å²) < 4.78 is 13.3. The first-order valence-corrected chi connectivity index (χ1v) is 6.36. The van der Waals surface area contributed by atoms with E-state index in [9.17, 15) is 14.0 Å². The van der Waals surface area contributed by atoms with Gasteiger partial charge in [0.15, 0.2) is 0 Å². The highest BCUT2D eigenvalue weighted by atomic mass is 19.1. The number of carbonyl (C=O) groups excluding carboxylic acids is 1. The lowest BCUT2D eigenvalue weighted by Gasteiger charge is -2.15. The Hall–Kier alpha value is -2.17. The first kappa shape index (κ1) is 15.9. The average Bonchev–Trinajstić information content (AvgIpc) is 2.36. The van der Waals surface area contributed by atoms with Crippen molar-refractivity contribution in [2.24, 2.45) is 5.92 Å². The van der Waals surface area contributed by atoms with E-state index in [-0.39, 0.29) is 11.5 Å². The third-order valence-corrected chi connectivity index (χ3v) is 2.64. The van der Waals surface area contributed by atoms with Crippen molar-refractivity contribution >= 4 is 18.0 Å². The van der Waals surface area contributed by atoms with Gasteiger partial charge >= 0.3 is 5.97 Å². The van der Waals surface area contributed by atoms with Crippen LogP contribution < -0.4 is 5.32 Å². The summed E-state index contributed by atoms with van der Waals surface area (Å²) in [5.74, 6) is -1.92. The Morgan fingerprint density at radius 1 is 1.35 bits per heavy atom. The molecule has 1 aromatic rings. The molecule has 1 amide bonds. The number of rotatable bonds is 6. The molecule has 108 valence electrons. The Kier molecular flexibility index (Phi) is 5.90. The minimum Gasteiger partial charge on any atom is -0.480 e. The molecule has 0 aromatic heterocycles. The molecule has 0 heterocycles. The van der Waals surface area contributed by atoms with Crippen molar-refractivity contribution in [3.8, 4) is 0 Å². The number of hydrogen-bond donors (Lipinski definition) is 2. The molecule has 0 aliphatic heterocycles. The van der Waals surface area contributed by atoms with Gasteiger partial charge in [-0.3, -0.25) is 4.79 Å². The van der Waals surface area contributed by atoms with Crippen LogP contribution in [0.1, 0.15) is 25.8 Å². The van der Waals surface area contributed by atoms with E-state index in [0.29, 0.717) is 6.42 Å². The van der Waals surface area contributed by atoms with E-state index in [0.717, 1.165) is 6.08 Å². The number of carboxylic acid groups (broad SMARTS) is 1. The van der Waals surface area contributed by atoms with Crippen LogP contribution in [0, 0.1) is 11.7 Å². The molecule has 4 nitrogen and oxygen atoms in total. The summed E-state index contributed by atoms with van der Waals surface area (Å²) in [5.41, 5.74) is 0.276. The van der Waals surface area contributed by atoms with E-state index in [1.165, 1.54) is 18.2 Å². The number of amides is 1. The topological polar surface area (TPSA) is 66.4 Å². The molecule has 0 aliphatic carbocycles. The van der Waals surface area contributed by atoms with Gasteiger partial charge < -0.3 is 10.4 Å². The molecule has 1 atom stereocenters. The van der Waals surface area contributed by atoms with Crippen molar-refractivity contribution in [3.05, 3.63) is 41.7 Å². The molecule has 0 bridgehead atoms. The van der Waals surface area contributed by atoms with Crippen LogP contribution in [-0.2, 0) is 9.59 Å². The van der Waals surface area contributed by atoms with E-state index < -0.39 is 23.7 Å². The monoisotopic (exact) mass is 279 g/mol. The van der Waals surface area contributed by atoms with Gasteiger partial charge in [-0.2, -0.15) is 0 Å². The molecule has 1 unspecified atom stereocenters. The van der Waals surface area contributed by atoms with Crippen LogP contribution in [0.15, 0.2) is 30.3 Å². The molecule has 0 fully saturated rings. The minimum absolute atomic E-state index is 0.145. The molecule has 20 heavy (non-hydrogen) atoms. The van der Waals surface area contributed by atoms with Crippen molar-refractivity contribution in [1.82, 2.24) is 5.32 Å². The summed E-state index contributed by atoms with van der Waals surface area (Å²) in [6.45, 7) is 3.74. The smallest absolute Gasteiger partial charge is 0.326 e. The second-order valence-corrected chi connectivity index (χ2v) is 4.88. The minimum atomic E-state index is -1.08. The largest absolute Gasteiger partial charge is 0.480 e. The molecular weight excluding hydrogens is 261 g/mol. The van der Waals surface area contributed by atoms with Gasteiger partial charge in [-0.15, -0.1) is 0 Å². The van der Waals surface area contributed by atoms with Crippen LogP contribution in [0.5, 0.6) is 0 Å². The summed E-state index contributed by atoms with van der Waals surface area (Å²) in [6.07, 6.45) is 2.79. The average molecular weight is 279 g/mol. The molecule has 0 spiro atoms. The maximum Gasteiger partial charge on any atom is 0.326 e. The van der Waals surface area contributed by atoms with Crippen molar-refractivity contribution in [2.75, 3.05) is 0 Å². The molecule has 0 aliphatic rings. The highest BCUT2D eigenvalue weighted by molar-refractivity contribution is 5.94. The maximum atomic E-state index is 13.3. The SMILES string of the molecule is CC(C)CC(NC(=O)/C=C/c1ccccc1F)C(=O)O. The summed E-state index contributed by atoms with van der Waals surface area (Å²) >= 11 is 0. The molecule has 2 N–H and O–H groups in total. The van der Waals surface area contributed by atoms with Gasteiger partial charge in [0, 0.05) is 11.6 Å². The molecule has 0 saturated carbocycles. The Balaban J connectivity index is 2.66. The third kappa shape index (κ3) is 5.22. The van der Waals surface area contributed by atoms with Crippen LogP contribution in [0.4, 0.5) is 4.39 Å². The third-order valence-electron chi connectivity index (χ3n) is 2.64. The van der Waals surface area contributed by atoms with Gasteiger partial charge in [-0.25, -0.2) is 9.18 Å². The summed E-state index contributed by atoms with van der Waals surface area (Å²) in [7, 11) is 0. The van der Waals surface area contributed by atoms with Gasteiger partial charge in [-0.1, -0.05) is 32.0 Å². The zero-order valence-electron chi connectivity index (χ0n) is 11.5. The number of aliphatic carboxylic acids is 1. The zero-order chi connectivity index (χ0) is 15.1. The van der Waals surface area contributed by atoms with Gasteiger partial charge in [-0.05, 0) is 24.5 Å². The van der Waals surface area contributed by atoms with E-state index in [2.05, 4.69) is 5.32 Å². The molecule has 0 saturated heterocycles. The molecule has 1 rings (SSSR count). The first-order chi connectivity index (χ1) is 9.40. The van der Waals surface area contributed by atoms with Crippen LogP contribution >= 0.6 is 0 Å². The Labute approximate surface area is 117 Å². The fourth-order valence-electron chi connectivity index (χ4n) is 1.69. The van der Waals surface area contributed by atoms with Crippen LogP contribution in [0.25, 0.3) is 6.08 Å². The van der Waals surface area contributed by atoms with Crippen molar-refractivity contribution in [1.29, 1.82) is 0 Å². The lowest BCUT2D eigenvalue weighted by molar-refractivity contribution is -0.141. The molecule has 5 heteroatoms. The number of benzene rings is 1. The van der Waals surface area contributed by atoms with Crippen LogP contribution in [-0.4, -0.2) is 23.0 Å². The lowest BCUT2D eigenvalue weighted by atomic mass is 10.0. The predicted molar refractivity (Wildman–Crippen MR) is 74.5 cm³/mol. The molecule has 0 radical (unpaired) electrons. The highest BCUT2D eigenvalue weighted by Gasteiger charge is 2.19. The standard InChI is InChI=1S/C15H18FNO3/c1-10(2)9-13(15(19)20)17-14(18)8-7-11-5-3-4-6-12(11)16/h3-8,10,13H,9H2,1-2H3,(H,17,18)(H,19,20)/b8-7+. The summed E-state index contributed by atoms with van der Waals surface area (Å²) in [4.78, 5) is 22.6. The number of nitrogens with one attached hydrogen (secondary N) is 1. The molecule has 1 aromatic carbocycles. The van der Waals surface area contributed by atoms with Crippen molar-refractivity contribution in [3.63, 3.8) is 0 Å². The number of carboxylic acids is 1. The predicted octanol–water partition coefficient (Wildman–Crippen LogP) is 2.45. The summed E-state index contributed by atoms with van der Waals surface area (Å²) in [5, 5.41) is 11.4. The second-order valence-electron chi connectivity index (χ2n) is 4.88. The normalized spacial score (nSPS) is 12.6. The van der Waals surface area contributed by atoms with E-state index >= 15 is 0 Å². The van der Waals surface area contributed by atoms with Gasteiger partial charge in [0.2, 0.25) is 5.91 Å².